The minimum atomic E-state index is -4.25. The number of benzene rings is 2. The van der Waals surface area contributed by atoms with Crippen molar-refractivity contribution < 1.29 is 33.4 Å². The first-order valence-electron chi connectivity index (χ1n) is 9.09. The fraction of sp³-hybridized carbons (Fsp3) is 0.300. The molecule has 1 aliphatic rings. The van der Waals surface area contributed by atoms with Crippen molar-refractivity contribution in [1.82, 2.24) is 4.90 Å². The van der Waals surface area contributed by atoms with Crippen LogP contribution in [0.15, 0.2) is 60.7 Å². The Kier molecular flexibility index (Phi) is 6.69. The van der Waals surface area contributed by atoms with Gasteiger partial charge >= 0.3 is 19.7 Å². The summed E-state index contributed by atoms with van der Waals surface area (Å²) < 4.78 is 21.7. The predicted octanol–water partition coefficient (Wildman–Crippen LogP) is 2.69. The molecule has 0 aliphatic carbocycles. The van der Waals surface area contributed by atoms with E-state index in [4.69, 9.17) is 19.3 Å². The molecule has 9 heteroatoms. The molecule has 0 unspecified atom stereocenters. The second kappa shape index (κ2) is 9.22. The van der Waals surface area contributed by atoms with E-state index in [1.807, 2.05) is 36.4 Å². The van der Waals surface area contributed by atoms with E-state index in [9.17, 15) is 14.2 Å². The van der Waals surface area contributed by atoms with E-state index in [1.165, 1.54) is 4.90 Å². The van der Waals surface area contributed by atoms with Crippen molar-refractivity contribution in [1.29, 1.82) is 0 Å². The third-order valence-electron chi connectivity index (χ3n) is 4.53. The summed E-state index contributed by atoms with van der Waals surface area (Å²) >= 11 is 0. The van der Waals surface area contributed by atoms with Crippen LogP contribution in [0.4, 0.5) is 4.79 Å². The largest absolute Gasteiger partial charge is 0.459 e. The number of nitrogens with zero attached hydrogens (tertiary/aromatic N) is 1. The summed E-state index contributed by atoms with van der Waals surface area (Å²) in [4.78, 5) is 44.2. The van der Waals surface area contributed by atoms with Gasteiger partial charge in [-0.2, -0.15) is 0 Å². The van der Waals surface area contributed by atoms with Crippen LogP contribution in [0.1, 0.15) is 17.5 Å². The molecule has 0 radical (unpaired) electrons. The Hall–Kier alpha value is -2.67. The zero-order valence-electron chi connectivity index (χ0n) is 15.6. The Balaban J connectivity index is 1.59. The number of amides is 1. The van der Waals surface area contributed by atoms with E-state index < -0.39 is 37.9 Å². The van der Waals surface area contributed by atoms with E-state index in [1.54, 1.807) is 24.3 Å². The molecule has 3 rings (SSSR count). The number of ether oxygens (including phenoxy) is 2. The normalized spacial score (nSPS) is 18.2. The third kappa shape index (κ3) is 6.15. The molecule has 1 amide bonds. The summed E-state index contributed by atoms with van der Waals surface area (Å²) in [5.74, 6) is -0.624. The van der Waals surface area contributed by atoms with Crippen LogP contribution in [0.5, 0.6) is 0 Å². The number of esters is 1. The highest BCUT2D eigenvalue weighted by molar-refractivity contribution is 7.51. The molecular weight excluding hydrogens is 397 g/mol. The van der Waals surface area contributed by atoms with Gasteiger partial charge in [0, 0.05) is 0 Å². The van der Waals surface area contributed by atoms with Crippen LogP contribution < -0.4 is 0 Å². The Labute approximate surface area is 168 Å². The molecule has 1 fully saturated rings. The maximum absolute atomic E-state index is 12.4. The van der Waals surface area contributed by atoms with Crippen LogP contribution in [0, 0.1) is 0 Å². The molecule has 8 nitrogen and oxygen atoms in total. The summed E-state index contributed by atoms with van der Waals surface area (Å²) in [5, 5.41) is 0. The van der Waals surface area contributed by atoms with Gasteiger partial charge in [0.15, 0.2) is 6.04 Å². The molecule has 2 aromatic rings. The predicted molar refractivity (Wildman–Crippen MR) is 104 cm³/mol. The summed E-state index contributed by atoms with van der Waals surface area (Å²) in [6.07, 6.45) is -1.16. The fourth-order valence-electron chi connectivity index (χ4n) is 3.00. The Morgan fingerprint density at radius 3 is 1.93 bits per heavy atom. The molecule has 2 N–H and O–H groups in total. The lowest BCUT2D eigenvalue weighted by atomic mass is 10.2. The molecule has 1 aliphatic heterocycles. The summed E-state index contributed by atoms with van der Waals surface area (Å²) in [6.45, 7) is 0.0848. The minimum Gasteiger partial charge on any atom is -0.459 e. The first kappa shape index (κ1) is 21.0. The molecule has 1 heterocycles. The number of carbonyl (C=O) groups excluding carboxylic acids is 2. The quantitative estimate of drug-likeness (QED) is 0.384. The van der Waals surface area contributed by atoms with E-state index in [0.29, 0.717) is 0 Å². The van der Waals surface area contributed by atoms with Crippen LogP contribution in [0.2, 0.25) is 0 Å². The highest BCUT2D eigenvalue weighted by Crippen LogP contribution is 2.41. The van der Waals surface area contributed by atoms with E-state index in [0.717, 1.165) is 11.1 Å². The zero-order chi connectivity index (χ0) is 20.9. The first-order chi connectivity index (χ1) is 13.8. The Bertz CT molecular complexity index is 823. The van der Waals surface area contributed by atoms with Gasteiger partial charge in [0.1, 0.15) is 13.2 Å². The standard InChI is InChI=1S/C20H22NO7P/c22-19(27-13-15-7-3-1-4-8-15)18-17(11-12-29(24,25)26)21(18)20(23)28-14-16-9-5-2-6-10-16/h1-10,17-18H,11-14H2,(H2,24,25,26)/t17-,18-,21?/m0/s1. The summed E-state index contributed by atoms with van der Waals surface area (Å²) in [5.41, 5.74) is 1.59. The van der Waals surface area contributed by atoms with Gasteiger partial charge in [-0.15, -0.1) is 0 Å². The van der Waals surface area contributed by atoms with Crippen LogP contribution >= 0.6 is 7.60 Å². The number of hydrogen-bond donors (Lipinski definition) is 2. The molecule has 2 aromatic carbocycles. The molecule has 0 aromatic heterocycles. The average Bonchev–Trinajstić information content (AvgIpc) is 3.44. The topological polar surface area (TPSA) is 113 Å². The minimum absolute atomic E-state index is 0.0180. The third-order valence-corrected chi connectivity index (χ3v) is 5.37. The van der Waals surface area contributed by atoms with Crippen LogP contribution in [-0.4, -0.2) is 45.0 Å². The fourth-order valence-corrected chi connectivity index (χ4v) is 3.61. The zero-order valence-corrected chi connectivity index (χ0v) is 16.5. The van der Waals surface area contributed by atoms with Crippen LogP contribution in [0.3, 0.4) is 0 Å². The van der Waals surface area contributed by atoms with Crippen molar-refractivity contribution in [3.8, 4) is 0 Å². The van der Waals surface area contributed by atoms with Crippen LogP contribution in [0.25, 0.3) is 0 Å². The van der Waals surface area contributed by atoms with Gasteiger partial charge in [-0.3, -0.25) is 9.46 Å². The molecule has 2 atom stereocenters. The molecular formula is C20H22NO7P. The highest BCUT2D eigenvalue weighted by Gasteiger charge is 2.57. The van der Waals surface area contributed by atoms with Gasteiger partial charge in [-0.1, -0.05) is 60.7 Å². The molecule has 1 saturated heterocycles. The Morgan fingerprint density at radius 1 is 0.897 bits per heavy atom. The SMILES string of the molecule is O=C(OCc1ccccc1)[C@@H]1[C@H](CCP(=O)(O)O)N1C(=O)OCc1ccccc1. The van der Waals surface area contributed by atoms with Crippen molar-refractivity contribution in [3.63, 3.8) is 0 Å². The smallest absolute Gasteiger partial charge is 0.411 e. The molecule has 154 valence electrons. The van der Waals surface area contributed by atoms with Gasteiger partial charge in [-0.05, 0) is 17.5 Å². The second-order valence-electron chi connectivity index (χ2n) is 6.73. The van der Waals surface area contributed by atoms with E-state index in [-0.39, 0.29) is 19.6 Å². The lowest BCUT2D eigenvalue weighted by Gasteiger charge is -2.08. The summed E-state index contributed by atoms with van der Waals surface area (Å²) in [7, 11) is -4.25. The molecule has 0 spiro atoms. The highest BCUT2D eigenvalue weighted by atomic mass is 31.2. The Morgan fingerprint density at radius 2 is 1.41 bits per heavy atom. The number of rotatable bonds is 8. The van der Waals surface area contributed by atoms with Gasteiger partial charge in [-0.25, -0.2) is 9.59 Å². The van der Waals surface area contributed by atoms with Gasteiger partial charge in [0.25, 0.3) is 0 Å². The first-order valence-corrected chi connectivity index (χ1v) is 10.9. The maximum Gasteiger partial charge on any atom is 0.411 e. The van der Waals surface area contributed by atoms with Crippen molar-refractivity contribution in [2.45, 2.75) is 31.7 Å². The van der Waals surface area contributed by atoms with Crippen molar-refractivity contribution >= 4 is 19.7 Å². The summed E-state index contributed by atoms with van der Waals surface area (Å²) in [6, 6.07) is 16.6. The monoisotopic (exact) mass is 419 g/mol. The lowest BCUT2D eigenvalue weighted by molar-refractivity contribution is -0.145. The molecule has 0 bridgehead atoms. The number of carbonyl (C=O) groups is 2. The number of hydrogen-bond acceptors (Lipinski definition) is 5. The van der Waals surface area contributed by atoms with E-state index in [2.05, 4.69) is 0 Å². The average molecular weight is 419 g/mol. The van der Waals surface area contributed by atoms with Crippen molar-refractivity contribution in [3.05, 3.63) is 71.8 Å². The van der Waals surface area contributed by atoms with Crippen molar-refractivity contribution in [2.75, 3.05) is 6.16 Å². The van der Waals surface area contributed by atoms with Crippen molar-refractivity contribution in [2.24, 2.45) is 0 Å². The van der Waals surface area contributed by atoms with Gasteiger partial charge < -0.3 is 19.3 Å². The molecule has 0 saturated carbocycles. The second-order valence-corrected chi connectivity index (χ2v) is 8.51. The van der Waals surface area contributed by atoms with Crippen LogP contribution in [-0.2, 0) is 32.0 Å². The van der Waals surface area contributed by atoms with Gasteiger partial charge in [0.05, 0.1) is 12.2 Å². The van der Waals surface area contributed by atoms with Gasteiger partial charge in [0.2, 0.25) is 0 Å². The molecule has 29 heavy (non-hydrogen) atoms. The maximum atomic E-state index is 12.4. The lowest BCUT2D eigenvalue weighted by Crippen LogP contribution is -2.21. The van der Waals surface area contributed by atoms with E-state index >= 15 is 0 Å².